The number of amides is 2. The number of benzene rings is 3. The van der Waals surface area contributed by atoms with E-state index in [0.717, 1.165) is 10.7 Å². The molecule has 3 aromatic rings. The average molecular weight is 588 g/mol. The number of hydrogen-bond donors (Lipinski definition) is 1. The highest BCUT2D eigenvalue weighted by Crippen LogP contribution is 2.36. The second kappa shape index (κ2) is 14.0. The molecule has 11 heteroatoms. The zero-order valence-electron chi connectivity index (χ0n) is 23.0. The summed E-state index contributed by atoms with van der Waals surface area (Å²) < 4.78 is 39.7. The number of ether oxygens (including phenoxy) is 2. The van der Waals surface area contributed by atoms with Crippen molar-refractivity contribution in [3.05, 3.63) is 83.4 Å². The van der Waals surface area contributed by atoms with Gasteiger partial charge in [0.15, 0.2) is 0 Å². The molecule has 0 bridgehead atoms. The van der Waals surface area contributed by atoms with Crippen LogP contribution in [0.2, 0.25) is 5.02 Å². The van der Waals surface area contributed by atoms with E-state index in [4.69, 9.17) is 21.1 Å². The molecule has 0 saturated heterocycles. The molecule has 0 spiro atoms. The van der Waals surface area contributed by atoms with Gasteiger partial charge in [-0.25, -0.2) is 8.42 Å². The SMILES string of the molecule is CCCNC(=O)C(C)N(Cc1cccc(Cl)c1)C(=O)CN(c1cc(OC)ccc1OC)S(=O)(=O)c1ccccc1. The molecule has 0 aliphatic rings. The molecule has 1 N–H and O–H groups in total. The van der Waals surface area contributed by atoms with Gasteiger partial charge in [-0.05, 0) is 55.3 Å². The fraction of sp³-hybridized carbons (Fsp3) is 0.310. The molecule has 0 aliphatic heterocycles. The number of anilines is 1. The molecule has 0 radical (unpaired) electrons. The zero-order chi connectivity index (χ0) is 29.3. The van der Waals surface area contributed by atoms with E-state index in [9.17, 15) is 18.0 Å². The van der Waals surface area contributed by atoms with E-state index in [0.29, 0.717) is 22.9 Å². The molecule has 0 heterocycles. The summed E-state index contributed by atoms with van der Waals surface area (Å²) >= 11 is 6.18. The predicted molar refractivity (Wildman–Crippen MR) is 155 cm³/mol. The molecule has 0 aromatic heterocycles. The van der Waals surface area contributed by atoms with Crippen LogP contribution in [-0.2, 0) is 26.2 Å². The van der Waals surface area contributed by atoms with E-state index in [1.54, 1.807) is 61.5 Å². The molecular formula is C29H34ClN3O6S. The highest BCUT2D eigenvalue weighted by Gasteiger charge is 2.34. The highest BCUT2D eigenvalue weighted by molar-refractivity contribution is 7.92. The van der Waals surface area contributed by atoms with Gasteiger partial charge in [-0.3, -0.25) is 13.9 Å². The van der Waals surface area contributed by atoms with Gasteiger partial charge in [0.2, 0.25) is 11.8 Å². The highest BCUT2D eigenvalue weighted by atomic mass is 35.5. The van der Waals surface area contributed by atoms with Gasteiger partial charge < -0.3 is 19.7 Å². The Balaban J connectivity index is 2.10. The van der Waals surface area contributed by atoms with E-state index >= 15 is 0 Å². The molecule has 9 nitrogen and oxygen atoms in total. The topological polar surface area (TPSA) is 105 Å². The van der Waals surface area contributed by atoms with Crippen molar-refractivity contribution in [1.82, 2.24) is 10.2 Å². The minimum atomic E-state index is -4.25. The Labute approximate surface area is 240 Å². The largest absolute Gasteiger partial charge is 0.497 e. The van der Waals surface area contributed by atoms with Crippen LogP contribution in [0.15, 0.2) is 77.7 Å². The average Bonchev–Trinajstić information content (AvgIpc) is 2.97. The van der Waals surface area contributed by atoms with Crippen molar-refractivity contribution in [2.45, 2.75) is 37.8 Å². The monoisotopic (exact) mass is 587 g/mol. The van der Waals surface area contributed by atoms with Crippen LogP contribution in [-0.4, -0.2) is 58.5 Å². The maximum atomic E-state index is 14.0. The number of rotatable bonds is 13. The lowest BCUT2D eigenvalue weighted by molar-refractivity contribution is -0.139. The van der Waals surface area contributed by atoms with Crippen molar-refractivity contribution in [2.24, 2.45) is 0 Å². The first kappa shape index (κ1) is 30.8. The Morgan fingerprint density at radius 2 is 1.70 bits per heavy atom. The van der Waals surface area contributed by atoms with E-state index < -0.39 is 28.5 Å². The van der Waals surface area contributed by atoms with Crippen LogP contribution < -0.4 is 19.1 Å². The molecule has 40 heavy (non-hydrogen) atoms. The quantitative estimate of drug-likeness (QED) is 0.316. The summed E-state index contributed by atoms with van der Waals surface area (Å²) in [5.74, 6) is -0.347. The number of hydrogen-bond acceptors (Lipinski definition) is 6. The van der Waals surface area contributed by atoms with Crippen LogP contribution in [0.4, 0.5) is 5.69 Å². The fourth-order valence-electron chi connectivity index (χ4n) is 4.04. The summed E-state index contributed by atoms with van der Waals surface area (Å²) in [5.41, 5.74) is 0.803. The van der Waals surface area contributed by atoms with Gasteiger partial charge in [0, 0.05) is 24.2 Å². The maximum absolute atomic E-state index is 14.0. The number of carbonyl (C=O) groups is 2. The van der Waals surface area contributed by atoms with Gasteiger partial charge in [0.1, 0.15) is 24.1 Å². The Bertz CT molecular complexity index is 1420. The third kappa shape index (κ3) is 7.45. The first-order chi connectivity index (χ1) is 19.1. The van der Waals surface area contributed by atoms with Crippen LogP contribution in [0.25, 0.3) is 0 Å². The molecule has 1 unspecified atom stereocenters. The molecule has 3 aromatic carbocycles. The van der Waals surface area contributed by atoms with Crippen molar-refractivity contribution < 1.29 is 27.5 Å². The van der Waals surface area contributed by atoms with Crippen LogP contribution in [0.5, 0.6) is 11.5 Å². The molecule has 1 atom stereocenters. The number of carbonyl (C=O) groups excluding carboxylic acids is 2. The Kier molecular flexibility index (Phi) is 10.8. The van der Waals surface area contributed by atoms with E-state index in [2.05, 4.69) is 5.32 Å². The van der Waals surface area contributed by atoms with Gasteiger partial charge in [-0.15, -0.1) is 0 Å². The third-order valence-corrected chi connectivity index (χ3v) is 8.23. The fourth-order valence-corrected chi connectivity index (χ4v) is 5.69. The normalized spacial score (nSPS) is 11.8. The number of methoxy groups -OCH3 is 2. The summed E-state index contributed by atoms with van der Waals surface area (Å²) in [4.78, 5) is 28.3. The molecule has 0 fully saturated rings. The van der Waals surface area contributed by atoms with E-state index in [-0.39, 0.29) is 28.8 Å². The Morgan fingerprint density at radius 3 is 2.33 bits per heavy atom. The lowest BCUT2D eigenvalue weighted by Gasteiger charge is -2.32. The van der Waals surface area contributed by atoms with Gasteiger partial charge in [-0.1, -0.05) is 48.9 Å². The van der Waals surface area contributed by atoms with Crippen molar-refractivity contribution in [3.63, 3.8) is 0 Å². The zero-order valence-corrected chi connectivity index (χ0v) is 24.5. The predicted octanol–water partition coefficient (Wildman–Crippen LogP) is 4.50. The minimum absolute atomic E-state index is 0.0113. The summed E-state index contributed by atoms with van der Waals surface area (Å²) in [7, 11) is -1.39. The third-order valence-electron chi connectivity index (χ3n) is 6.22. The van der Waals surface area contributed by atoms with Gasteiger partial charge in [0.25, 0.3) is 10.0 Å². The second-order valence-corrected chi connectivity index (χ2v) is 11.3. The number of nitrogens with zero attached hydrogens (tertiary/aromatic N) is 2. The minimum Gasteiger partial charge on any atom is -0.497 e. The molecule has 214 valence electrons. The van der Waals surface area contributed by atoms with Crippen LogP contribution >= 0.6 is 11.6 Å². The summed E-state index contributed by atoms with van der Waals surface area (Å²) in [6.07, 6.45) is 0.722. The second-order valence-electron chi connectivity index (χ2n) is 8.98. The summed E-state index contributed by atoms with van der Waals surface area (Å²) in [6, 6.07) is 18.5. The first-order valence-electron chi connectivity index (χ1n) is 12.7. The molecule has 3 rings (SSSR count). The van der Waals surface area contributed by atoms with Crippen LogP contribution in [0, 0.1) is 0 Å². The smallest absolute Gasteiger partial charge is 0.264 e. The van der Waals surface area contributed by atoms with E-state index in [1.807, 2.05) is 6.92 Å². The molecule has 0 aliphatic carbocycles. The van der Waals surface area contributed by atoms with Crippen molar-refractivity contribution >= 4 is 39.1 Å². The first-order valence-corrected chi connectivity index (χ1v) is 14.6. The Hall–Kier alpha value is -3.76. The number of sulfonamides is 1. The molecule has 2 amide bonds. The van der Waals surface area contributed by atoms with Crippen LogP contribution in [0.3, 0.4) is 0 Å². The number of nitrogens with one attached hydrogen (secondary N) is 1. The number of halogens is 1. The summed E-state index contributed by atoms with van der Waals surface area (Å²) in [5, 5.41) is 3.29. The summed E-state index contributed by atoms with van der Waals surface area (Å²) in [6.45, 7) is 3.41. The van der Waals surface area contributed by atoms with Crippen LogP contribution in [0.1, 0.15) is 25.8 Å². The van der Waals surface area contributed by atoms with E-state index in [1.165, 1.54) is 37.3 Å². The van der Waals surface area contributed by atoms with Gasteiger partial charge >= 0.3 is 0 Å². The Morgan fingerprint density at radius 1 is 0.975 bits per heavy atom. The standard InChI is InChI=1S/C29H34ClN3O6S/c1-5-16-31-29(35)21(2)32(19-22-10-9-11-23(30)17-22)28(34)20-33(40(36,37)25-12-7-6-8-13-25)26-18-24(38-3)14-15-27(26)39-4/h6-15,17-18,21H,5,16,19-20H2,1-4H3,(H,31,35). The van der Waals surface area contributed by atoms with Crippen molar-refractivity contribution in [2.75, 3.05) is 31.6 Å². The van der Waals surface area contributed by atoms with Crippen molar-refractivity contribution in [1.29, 1.82) is 0 Å². The lowest BCUT2D eigenvalue weighted by Crippen LogP contribution is -2.51. The lowest BCUT2D eigenvalue weighted by atomic mass is 10.1. The van der Waals surface area contributed by atoms with Gasteiger partial charge in [0.05, 0.1) is 24.8 Å². The molecular weight excluding hydrogens is 554 g/mol. The van der Waals surface area contributed by atoms with Gasteiger partial charge in [-0.2, -0.15) is 0 Å². The van der Waals surface area contributed by atoms with Crippen molar-refractivity contribution in [3.8, 4) is 11.5 Å². The maximum Gasteiger partial charge on any atom is 0.264 e. The molecule has 0 saturated carbocycles.